The lowest BCUT2D eigenvalue weighted by atomic mass is 10.0. The smallest absolute Gasteiger partial charge is 0.326 e. The van der Waals surface area contributed by atoms with Gasteiger partial charge in [-0.15, -0.1) is 0 Å². The van der Waals surface area contributed by atoms with Gasteiger partial charge in [0.1, 0.15) is 24.6 Å². The highest BCUT2D eigenvalue weighted by molar-refractivity contribution is 7.92. The molecule has 2 saturated heterocycles. The van der Waals surface area contributed by atoms with Gasteiger partial charge >= 0.3 is 20.4 Å². The first kappa shape index (κ1) is 37.3. The zero-order chi connectivity index (χ0) is 37.0. The third-order valence-electron chi connectivity index (χ3n) is 7.95. The fourth-order valence-corrected chi connectivity index (χ4v) is 8.91. The number of nitrogens with zero attached hydrogens (tertiary/aromatic N) is 2. The lowest BCUT2D eigenvalue weighted by Gasteiger charge is -2.16. The molecular formula is C32H36N6O10S3. The van der Waals surface area contributed by atoms with Crippen LogP contribution in [0.4, 0.5) is 11.4 Å². The Balaban J connectivity index is 0.000000236. The van der Waals surface area contributed by atoms with Crippen LogP contribution in [-0.2, 0) is 59.3 Å². The van der Waals surface area contributed by atoms with Crippen molar-refractivity contribution >= 4 is 64.4 Å². The van der Waals surface area contributed by atoms with E-state index in [1.54, 1.807) is 12.1 Å². The van der Waals surface area contributed by atoms with Crippen molar-refractivity contribution in [3.63, 3.8) is 0 Å². The highest BCUT2D eigenvalue weighted by Gasteiger charge is 2.36. The molecule has 0 aromatic heterocycles. The van der Waals surface area contributed by atoms with Crippen LogP contribution in [0.3, 0.4) is 0 Å². The highest BCUT2D eigenvalue weighted by Crippen LogP contribution is 2.32. The van der Waals surface area contributed by atoms with E-state index in [0.717, 1.165) is 30.5 Å². The molecule has 19 heteroatoms. The number of fused-ring (bicyclic) bond motifs is 1. The van der Waals surface area contributed by atoms with Gasteiger partial charge in [-0.25, -0.2) is 31.2 Å². The molecule has 0 aliphatic carbocycles. The number of nitrogens with one attached hydrogen (secondary N) is 3. The molecule has 2 aliphatic heterocycles. The summed E-state index contributed by atoms with van der Waals surface area (Å²) in [6, 6.07) is 22.5. The van der Waals surface area contributed by atoms with Crippen molar-refractivity contribution in [2.45, 2.75) is 19.3 Å². The summed E-state index contributed by atoms with van der Waals surface area (Å²) < 4.78 is 79.8. The molecule has 0 bridgehead atoms. The van der Waals surface area contributed by atoms with Crippen molar-refractivity contribution in [1.29, 1.82) is 0 Å². The Hall–Kier alpha value is -4.95. The summed E-state index contributed by atoms with van der Waals surface area (Å²) in [6.07, 6.45) is 1.26. The SMILES string of the molecule is NCCc1ccc(N2CC(=O)NS2(=O)=O)c(O)c1.O=C1CN(c2ccc(CCNS(=O)(=O)CCc3cccc4ccccc34)cc2O)S(=O)(=O)N1. The summed E-state index contributed by atoms with van der Waals surface area (Å²) in [5, 5.41) is 22.1. The first-order valence-electron chi connectivity index (χ1n) is 15.5. The first-order valence-corrected chi connectivity index (χ1v) is 20.1. The van der Waals surface area contributed by atoms with Crippen molar-refractivity contribution in [2.75, 3.05) is 40.5 Å². The number of rotatable bonds is 11. The van der Waals surface area contributed by atoms with Gasteiger partial charge in [0.25, 0.3) is 11.8 Å². The van der Waals surface area contributed by atoms with Crippen molar-refractivity contribution in [3.05, 3.63) is 95.6 Å². The molecule has 2 amide bonds. The maximum Gasteiger partial charge on any atom is 0.326 e. The van der Waals surface area contributed by atoms with Gasteiger partial charge in [0, 0.05) is 6.54 Å². The molecule has 2 aliphatic rings. The summed E-state index contributed by atoms with van der Waals surface area (Å²) in [5.74, 6) is -1.87. The molecule has 272 valence electrons. The van der Waals surface area contributed by atoms with Crippen molar-refractivity contribution in [2.24, 2.45) is 5.73 Å². The molecule has 0 atom stereocenters. The first-order chi connectivity index (χ1) is 24.1. The Morgan fingerprint density at radius 1 is 0.725 bits per heavy atom. The van der Waals surface area contributed by atoms with Crippen LogP contribution in [0.1, 0.15) is 16.7 Å². The molecule has 2 fully saturated rings. The van der Waals surface area contributed by atoms with Crippen LogP contribution >= 0.6 is 0 Å². The van der Waals surface area contributed by atoms with Crippen LogP contribution in [0.25, 0.3) is 10.8 Å². The number of aryl methyl sites for hydroxylation is 1. The van der Waals surface area contributed by atoms with Gasteiger partial charge in [0.05, 0.1) is 17.1 Å². The minimum atomic E-state index is -4.02. The number of sulfonamides is 1. The average Bonchev–Trinajstić information content (AvgIpc) is 3.50. The zero-order valence-corrected chi connectivity index (χ0v) is 29.5. The van der Waals surface area contributed by atoms with Gasteiger partial charge in [-0.1, -0.05) is 54.6 Å². The molecule has 6 rings (SSSR count). The number of benzene rings is 4. The molecule has 0 spiro atoms. The van der Waals surface area contributed by atoms with Crippen LogP contribution in [0.2, 0.25) is 0 Å². The fraction of sp³-hybridized carbons (Fsp3) is 0.250. The van der Waals surface area contributed by atoms with Crippen molar-refractivity contribution < 1.29 is 45.1 Å². The third kappa shape index (κ3) is 9.05. The minimum Gasteiger partial charge on any atom is -0.506 e. The van der Waals surface area contributed by atoms with Gasteiger partial charge in [0.15, 0.2) is 0 Å². The summed E-state index contributed by atoms with van der Waals surface area (Å²) >= 11 is 0. The summed E-state index contributed by atoms with van der Waals surface area (Å²) in [4.78, 5) is 22.5. The summed E-state index contributed by atoms with van der Waals surface area (Å²) in [5.41, 5.74) is 7.82. The fourth-order valence-electron chi connectivity index (χ4n) is 5.54. The monoisotopic (exact) mass is 760 g/mol. The molecule has 7 N–H and O–H groups in total. The Morgan fingerprint density at radius 2 is 1.25 bits per heavy atom. The predicted octanol–water partition coefficient (Wildman–Crippen LogP) is 0.505. The summed E-state index contributed by atoms with van der Waals surface area (Å²) in [7, 11) is -11.4. The van der Waals surface area contributed by atoms with E-state index in [9.17, 15) is 45.1 Å². The van der Waals surface area contributed by atoms with Gasteiger partial charge in [0.2, 0.25) is 10.0 Å². The number of phenolic OH excluding ortho intramolecular Hbond substituents is 2. The normalized spacial score (nSPS) is 16.4. The molecule has 0 unspecified atom stereocenters. The maximum absolute atomic E-state index is 12.5. The van der Waals surface area contributed by atoms with Crippen LogP contribution in [-0.4, -0.2) is 79.2 Å². The third-order valence-corrected chi connectivity index (χ3v) is 12.1. The quantitative estimate of drug-likeness (QED) is 0.123. The van der Waals surface area contributed by atoms with Crippen LogP contribution in [0, 0.1) is 0 Å². The zero-order valence-electron chi connectivity index (χ0n) is 27.0. The Kier molecular flexibility index (Phi) is 11.1. The number of phenols is 2. The molecular weight excluding hydrogens is 725 g/mol. The second-order valence-electron chi connectivity index (χ2n) is 11.6. The lowest BCUT2D eigenvalue weighted by Crippen LogP contribution is -2.30. The molecule has 0 radical (unpaired) electrons. The van der Waals surface area contributed by atoms with E-state index in [2.05, 4.69) is 4.72 Å². The van der Waals surface area contributed by atoms with Crippen molar-refractivity contribution in [3.8, 4) is 11.5 Å². The van der Waals surface area contributed by atoms with E-state index in [4.69, 9.17) is 5.73 Å². The number of amides is 2. The topological polar surface area (TPSA) is 246 Å². The van der Waals surface area contributed by atoms with E-state index in [1.165, 1.54) is 24.3 Å². The number of hydrogen-bond acceptors (Lipinski definition) is 11. The molecule has 16 nitrogen and oxygen atoms in total. The number of carbonyl (C=O) groups is 2. The van der Waals surface area contributed by atoms with Gasteiger partial charge in [-0.05, 0) is 77.5 Å². The molecule has 2 heterocycles. The Labute approximate surface area is 295 Å². The number of nitrogens with two attached hydrogens (primary N) is 1. The summed E-state index contributed by atoms with van der Waals surface area (Å²) in [6.45, 7) is -0.183. The van der Waals surface area contributed by atoms with Crippen molar-refractivity contribution in [1.82, 2.24) is 14.2 Å². The molecule has 4 aromatic carbocycles. The second kappa shape index (κ2) is 15.1. The Bertz CT molecular complexity index is 2300. The standard InChI is InChI=1S/C22H23N3O6S2.C10H13N3O4S/c26-21-14-16(8-9-20(21)25-15-22(27)24-33(25,30)31)10-12-23-32(28,29)13-11-18-6-3-5-17-4-1-2-7-19(17)18;11-4-3-7-1-2-8(9(14)5-7)13-6-10(15)12-18(13,16)17/h1-9,14,23,26H,10-13,15H2,(H,24,27);1-2,5,14H,3-4,6,11H2,(H,12,15). The van der Waals surface area contributed by atoms with E-state index < -0.39 is 48.8 Å². The molecule has 0 saturated carbocycles. The number of hydrogen-bond donors (Lipinski definition) is 6. The second-order valence-corrected chi connectivity index (χ2v) is 16.7. The van der Waals surface area contributed by atoms with Crippen LogP contribution in [0.15, 0.2) is 78.9 Å². The Morgan fingerprint density at radius 3 is 1.76 bits per heavy atom. The van der Waals surface area contributed by atoms with E-state index in [0.29, 0.717) is 31.4 Å². The number of carbonyl (C=O) groups excluding carboxylic acids is 2. The molecule has 4 aromatic rings. The van der Waals surface area contributed by atoms with E-state index >= 15 is 0 Å². The van der Waals surface area contributed by atoms with Gasteiger partial charge in [-0.3, -0.25) is 9.59 Å². The average molecular weight is 761 g/mol. The van der Waals surface area contributed by atoms with Crippen LogP contribution < -0.4 is 28.5 Å². The van der Waals surface area contributed by atoms with E-state index in [-0.39, 0.29) is 41.7 Å². The lowest BCUT2D eigenvalue weighted by molar-refractivity contribution is -0.118. The number of anilines is 2. The minimum absolute atomic E-state index is 0.0206. The predicted molar refractivity (Wildman–Crippen MR) is 191 cm³/mol. The molecule has 51 heavy (non-hydrogen) atoms. The van der Waals surface area contributed by atoms with Gasteiger partial charge in [-0.2, -0.15) is 16.8 Å². The highest BCUT2D eigenvalue weighted by atomic mass is 32.2. The van der Waals surface area contributed by atoms with Crippen LogP contribution in [0.5, 0.6) is 11.5 Å². The maximum atomic E-state index is 12.5. The number of aromatic hydroxyl groups is 2. The van der Waals surface area contributed by atoms with E-state index in [1.807, 2.05) is 51.9 Å². The van der Waals surface area contributed by atoms with Gasteiger partial charge < -0.3 is 15.9 Å². The largest absolute Gasteiger partial charge is 0.506 e.